The van der Waals surface area contributed by atoms with Gasteiger partial charge in [0.05, 0.1) is 26.1 Å². The van der Waals surface area contributed by atoms with Crippen LogP contribution < -0.4 is 11.1 Å². The SMILES string of the molecule is CCOC(=O)Nc1ccc(CC(OC2[C@H]3O[C@@H](n4cnc5c(N)nc(Cl)nc54)[C@@H](F)[C@@]23O)(C(=O)OCC)C(=O)OCC)cc1. The smallest absolute Gasteiger partial charge is 0.411 e. The fourth-order valence-corrected chi connectivity index (χ4v) is 5.26. The Morgan fingerprint density at radius 2 is 1.75 bits per heavy atom. The van der Waals surface area contributed by atoms with Crippen molar-refractivity contribution in [3.8, 4) is 0 Å². The third kappa shape index (κ3) is 5.38. The van der Waals surface area contributed by atoms with E-state index in [1.807, 2.05) is 0 Å². The number of imidazole rings is 1. The van der Waals surface area contributed by atoms with Crippen LogP contribution in [0.1, 0.15) is 32.6 Å². The molecule has 1 aliphatic heterocycles. The number of alkyl halides is 1. The number of benzene rings is 1. The Hall–Kier alpha value is -4.12. The van der Waals surface area contributed by atoms with Crippen molar-refractivity contribution in [1.82, 2.24) is 19.5 Å². The molecule has 1 saturated carbocycles. The van der Waals surface area contributed by atoms with E-state index in [1.54, 1.807) is 6.92 Å². The lowest BCUT2D eigenvalue weighted by molar-refractivity contribution is -0.201. The number of rotatable bonds is 11. The van der Waals surface area contributed by atoms with Crippen molar-refractivity contribution < 1.29 is 47.6 Å². The number of carbonyl (C=O) groups excluding carboxylic acids is 3. The summed E-state index contributed by atoms with van der Waals surface area (Å²) in [5.41, 5.74) is 2.14. The van der Waals surface area contributed by atoms with Gasteiger partial charge in [0.1, 0.15) is 17.7 Å². The molecule has 44 heavy (non-hydrogen) atoms. The van der Waals surface area contributed by atoms with Gasteiger partial charge in [-0.15, -0.1) is 0 Å². The van der Waals surface area contributed by atoms with E-state index < -0.39 is 60.3 Å². The molecular formula is C27H30ClFN6O9. The summed E-state index contributed by atoms with van der Waals surface area (Å²) in [6, 6.07) is 6.12. The first kappa shape index (κ1) is 31.3. The lowest BCUT2D eigenvalue weighted by atomic mass is 9.93. The molecule has 5 rings (SSSR count). The maximum absolute atomic E-state index is 16.0. The maximum atomic E-state index is 16.0. The van der Waals surface area contributed by atoms with E-state index in [0.717, 1.165) is 0 Å². The van der Waals surface area contributed by atoms with Gasteiger partial charge in [0.2, 0.25) is 5.28 Å². The number of ether oxygens (including phenoxy) is 5. The summed E-state index contributed by atoms with van der Waals surface area (Å²) in [5, 5.41) is 13.7. The Bertz CT molecular complexity index is 1560. The standard InChI is InChI=1S/C27H30ClFN6O9/c1-4-40-22(36)26(23(37)41-5-2,11-13-7-9-14(10-8-13)32-25(38)42-6-3)44-18-17-27(18,39)16(29)21(43-17)35-12-31-15-19(30)33-24(28)34-20(15)35/h7-10,12,16-18,21,39H,4-6,11H2,1-3H3,(H,32,38)(H2,30,33,34)/t16-,17-,18?,21-,27+/m1/s1. The van der Waals surface area contributed by atoms with Crippen LogP contribution in [0.25, 0.3) is 11.2 Å². The number of fused-ring (bicyclic) bond motifs is 2. The maximum Gasteiger partial charge on any atom is 0.411 e. The fourth-order valence-electron chi connectivity index (χ4n) is 5.09. The number of nitrogens with two attached hydrogens (primary N) is 1. The Morgan fingerprint density at radius 1 is 1.11 bits per heavy atom. The van der Waals surface area contributed by atoms with Crippen LogP contribution in [0.3, 0.4) is 0 Å². The second-order valence-electron chi connectivity index (χ2n) is 9.96. The van der Waals surface area contributed by atoms with Crippen molar-refractivity contribution in [2.24, 2.45) is 0 Å². The molecule has 15 nitrogen and oxygen atoms in total. The average molecular weight is 637 g/mol. The summed E-state index contributed by atoms with van der Waals surface area (Å²) in [7, 11) is 0. The second kappa shape index (κ2) is 12.1. The van der Waals surface area contributed by atoms with E-state index in [1.165, 1.54) is 49.0 Å². The zero-order valence-electron chi connectivity index (χ0n) is 23.9. The molecule has 0 bridgehead atoms. The van der Waals surface area contributed by atoms with Crippen molar-refractivity contribution in [3.63, 3.8) is 0 Å². The normalized spacial score (nSPS) is 24.0. The number of hydrogen-bond donors (Lipinski definition) is 3. The molecule has 0 radical (unpaired) electrons. The molecule has 3 heterocycles. The first-order valence-electron chi connectivity index (χ1n) is 13.7. The highest BCUT2D eigenvalue weighted by Crippen LogP contribution is 2.58. The van der Waals surface area contributed by atoms with Gasteiger partial charge in [-0.3, -0.25) is 9.88 Å². The predicted molar refractivity (Wildman–Crippen MR) is 150 cm³/mol. The van der Waals surface area contributed by atoms with Gasteiger partial charge < -0.3 is 34.5 Å². The molecule has 4 N–H and O–H groups in total. The minimum absolute atomic E-state index is 0.0319. The number of nitrogens with zero attached hydrogens (tertiary/aromatic N) is 4. The molecule has 3 aromatic rings. The third-order valence-corrected chi connectivity index (χ3v) is 7.39. The number of hydrogen-bond acceptors (Lipinski definition) is 13. The zero-order valence-corrected chi connectivity index (χ0v) is 24.6. The van der Waals surface area contributed by atoms with Gasteiger partial charge in [0.15, 0.2) is 29.5 Å². The Morgan fingerprint density at radius 3 is 2.32 bits per heavy atom. The van der Waals surface area contributed by atoms with Crippen LogP contribution in [0.4, 0.5) is 20.7 Å². The van der Waals surface area contributed by atoms with E-state index in [4.69, 9.17) is 41.0 Å². The van der Waals surface area contributed by atoms with Crippen molar-refractivity contribution in [2.75, 3.05) is 30.9 Å². The van der Waals surface area contributed by atoms with E-state index in [9.17, 15) is 19.5 Å². The number of nitrogen functional groups attached to an aromatic ring is 1. The fraction of sp³-hybridized carbons (Fsp3) is 0.481. The van der Waals surface area contributed by atoms with E-state index in [2.05, 4.69) is 20.3 Å². The summed E-state index contributed by atoms with van der Waals surface area (Å²) in [6.07, 6.45) is -6.16. The van der Waals surface area contributed by atoms with Gasteiger partial charge >= 0.3 is 18.0 Å². The Kier molecular flexibility index (Phi) is 8.62. The molecule has 5 atom stereocenters. The summed E-state index contributed by atoms with van der Waals surface area (Å²) >= 11 is 5.92. The van der Waals surface area contributed by atoms with Gasteiger partial charge in [0.25, 0.3) is 5.60 Å². The first-order valence-corrected chi connectivity index (χ1v) is 14.1. The molecule has 1 aromatic carbocycles. The number of amides is 1. The monoisotopic (exact) mass is 636 g/mol. The van der Waals surface area contributed by atoms with Crippen LogP contribution in [0.5, 0.6) is 0 Å². The minimum atomic E-state index is -2.44. The topological polar surface area (TPSA) is 199 Å². The predicted octanol–water partition coefficient (Wildman–Crippen LogP) is 2.10. The number of carbonyl (C=O) groups is 3. The third-order valence-electron chi connectivity index (χ3n) is 7.22. The van der Waals surface area contributed by atoms with Gasteiger partial charge in [-0.1, -0.05) is 12.1 Å². The van der Waals surface area contributed by atoms with Crippen LogP contribution in [-0.2, 0) is 39.7 Å². The number of anilines is 2. The van der Waals surface area contributed by atoms with Crippen molar-refractivity contribution >= 4 is 52.3 Å². The Labute approximate surface area is 254 Å². The average Bonchev–Trinajstić information content (AvgIpc) is 3.21. The van der Waals surface area contributed by atoms with Crippen LogP contribution in [0, 0.1) is 0 Å². The highest BCUT2D eigenvalue weighted by molar-refractivity contribution is 6.28. The molecular weight excluding hydrogens is 607 g/mol. The molecule has 236 valence electrons. The lowest BCUT2D eigenvalue weighted by Gasteiger charge is -2.31. The van der Waals surface area contributed by atoms with Crippen LogP contribution in [-0.4, -0.2) is 92.1 Å². The number of esters is 2. The van der Waals surface area contributed by atoms with Gasteiger partial charge in [-0.2, -0.15) is 9.97 Å². The quantitative estimate of drug-likeness (QED) is 0.120. The van der Waals surface area contributed by atoms with Gasteiger partial charge in [-0.25, -0.2) is 23.8 Å². The number of nitrogens with one attached hydrogen (secondary N) is 1. The highest BCUT2D eigenvalue weighted by Gasteiger charge is 2.80. The van der Waals surface area contributed by atoms with Crippen LogP contribution in [0.2, 0.25) is 5.28 Å². The molecule has 2 aliphatic rings. The summed E-state index contributed by atoms with van der Waals surface area (Å²) in [4.78, 5) is 50.5. The van der Waals surface area contributed by atoms with E-state index in [-0.39, 0.29) is 42.1 Å². The number of aliphatic hydroxyl groups is 1. The summed E-state index contributed by atoms with van der Waals surface area (Å²) in [5.74, 6) is -2.24. The van der Waals surface area contributed by atoms with Crippen molar-refractivity contribution in [2.45, 2.75) is 63.0 Å². The first-order chi connectivity index (χ1) is 21.0. The molecule has 1 amide bonds. The van der Waals surface area contributed by atoms with E-state index in [0.29, 0.717) is 11.3 Å². The largest absolute Gasteiger partial charge is 0.463 e. The van der Waals surface area contributed by atoms with Crippen LogP contribution in [0.15, 0.2) is 30.6 Å². The van der Waals surface area contributed by atoms with Gasteiger partial charge in [0, 0.05) is 12.1 Å². The zero-order chi connectivity index (χ0) is 31.8. The van der Waals surface area contributed by atoms with Crippen molar-refractivity contribution in [3.05, 3.63) is 41.4 Å². The molecule has 1 unspecified atom stereocenters. The number of halogens is 2. The van der Waals surface area contributed by atoms with E-state index >= 15 is 4.39 Å². The van der Waals surface area contributed by atoms with Gasteiger partial charge in [-0.05, 0) is 50.1 Å². The molecule has 2 fully saturated rings. The molecule has 1 aliphatic carbocycles. The highest BCUT2D eigenvalue weighted by atomic mass is 35.5. The lowest BCUT2D eigenvalue weighted by Crippen LogP contribution is -2.55. The number of aromatic nitrogens is 4. The minimum Gasteiger partial charge on any atom is -0.463 e. The molecule has 2 aromatic heterocycles. The van der Waals surface area contributed by atoms with Crippen molar-refractivity contribution in [1.29, 1.82) is 0 Å². The summed E-state index contributed by atoms with van der Waals surface area (Å²) < 4.78 is 44.3. The second-order valence-corrected chi connectivity index (χ2v) is 10.3. The molecule has 1 saturated heterocycles. The molecule has 17 heteroatoms. The Balaban J connectivity index is 1.42. The van der Waals surface area contributed by atoms with Crippen LogP contribution >= 0.6 is 11.6 Å². The molecule has 0 spiro atoms. The summed E-state index contributed by atoms with van der Waals surface area (Å²) in [6.45, 7) is 4.68.